The molecule has 0 radical (unpaired) electrons. The fourth-order valence-corrected chi connectivity index (χ4v) is 2.42. The molecule has 0 bridgehead atoms. The zero-order valence-corrected chi connectivity index (χ0v) is 10.4. The highest BCUT2D eigenvalue weighted by Crippen LogP contribution is 2.14. The van der Waals surface area contributed by atoms with Crippen LogP contribution in [-0.2, 0) is 4.79 Å². The van der Waals surface area contributed by atoms with Gasteiger partial charge >= 0.3 is 0 Å². The number of hydrogen-bond donors (Lipinski definition) is 3. The van der Waals surface area contributed by atoms with Crippen molar-refractivity contribution in [1.82, 2.24) is 10.6 Å². The van der Waals surface area contributed by atoms with E-state index < -0.39 is 12.1 Å². The zero-order valence-electron chi connectivity index (χ0n) is 9.63. The minimum absolute atomic E-state index is 0.139. The van der Waals surface area contributed by atoms with Crippen molar-refractivity contribution in [3.8, 4) is 0 Å². The summed E-state index contributed by atoms with van der Waals surface area (Å²) in [7, 11) is 0. The van der Waals surface area contributed by atoms with Gasteiger partial charge in [-0.2, -0.15) is 0 Å². The van der Waals surface area contributed by atoms with Crippen LogP contribution in [0.1, 0.15) is 11.7 Å². The Morgan fingerprint density at radius 2 is 2.22 bits per heavy atom. The third-order valence-electron chi connectivity index (χ3n) is 2.64. The van der Waals surface area contributed by atoms with Gasteiger partial charge in [0, 0.05) is 12.3 Å². The third-order valence-corrected chi connectivity index (χ3v) is 3.52. The molecule has 1 saturated heterocycles. The second kappa shape index (κ2) is 5.88. The Kier molecular flexibility index (Phi) is 4.22. The van der Waals surface area contributed by atoms with Crippen molar-refractivity contribution in [3.05, 3.63) is 35.9 Å². The first-order chi connectivity index (χ1) is 8.66. The van der Waals surface area contributed by atoms with Crippen LogP contribution in [0.5, 0.6) is 0 Å². The minimum Gasteiger partial charge on any atom is -0.387 e. The average Bonchev–Trinajstić information content (AvgIpc) is 2.83. The molecule has 6 heteroatoms. The van der Waals surface area contributed by atoms with E-state index >= 15 is 0 Å². The minimum atomic E-state index is -0.736. The molecule has 1 aromatic carbocycles. The monoisotopic (exact) mass is 266 g/mol. The lowest BCUT2D eigenvalue weighted by Crippen LogP contribution is -2.44. The maximum atomic E-state index is 11.7. The van der Waals surface area contributed by atoms with Crippen LogP contribution in [0, 0.1) is 0 Å². The average molecular weight is 266 g/mol. The van der Waals surface area contributed by atoms with Gasteiger partial charge in [-0.1, -0.05) is 42.1 Å². The Morgan fingerprint density at radius 1 is 1.50 bits per heavy atom. The Morgan fingerprint density at radius 3 is 2.83 bits per heavy atom. The van der Waals surface area contributed by atoms with Crippen LogP contribution >= 0.6 is 11.8 Å². The molecular formula is C12H14N2O3S. The Labute approximate surface area is 109 Å². The number of benzene rings is 1. The van der Waals surface area contributed by atoms with Gasteiger partial charge in [-0.3, -0.25) is 9.59 Å². The number of carbonyl (C=O) groups excluding carboxylic acids is 2. The van der Waals surface area contributed by atoms with E-state index in [0.29, 0.717) is 5.75 Å². The molecule has 2 unspecified atom stereocenters. The summed E-state index contributed by atoms with van der Waals surface area (Å²) >= 11 is 1.09. The topological polar surface area (TPSA) is 78.4 Å². The largest absolute Gasteiger partial charge is 0.387 e. The molecule has 2 amide bonds. The lowest BCUT2D eigenvalue weighted by atomic mass is 10.1. The molecule has 0 saturated carbocycles. The molecule has 0 aliphatic carbocycles. The second-order valence-corrected chi connectivity index (χ2v) is 4.96. The fourth-order valence-electron chi connectivity index (χ4n) is 1.64. The van der Waals surface area contributed by atoms with Crippen LogP contribution in [0.15, 0.2) is 30.3 Å². The number of aliphatic hydroxyl groups excluding tert-OH is 1. The highest BCUT2D eigenvalue weighted by Gasteiger charge is 2.28. The predicted octanol–water partition coefficient (Wildman–Crippen LogP) is 0.661. The molecule has 3 N–H and O–H groups in total. The smallest absolute Gasteiger partial charge is 0.279 e. The van der Waals surface area contributed by atoms with E-state index in [1.165, 1.54) is 0 Å². The zero-order chi connectivity index (χ0) is 13.0. The first-order valence-electron chi connectivity index (χ1n) is 5.61. The quantitative estimate of drug-likeness (QED) is 0.748. The van der Waals surface area contributed by atoms with Crippen LogP contribution in [0.2, 0.25) is 0 Å². The van der Waals surface area contributed by atoms with Crippen molar-refractivity contribution in [2.75, 3.05) is 12.3 Å². The summed E-state index contributed by atoms with van der Waals surface area (Å²) in [6.45, 7) is 0.139. The maximum absolute atomic E-state index is 11.7. The Hall–Kier alpha value is -1.53. The Balaban J connectivity index is 1.81. The van der Waals surface area contributed by atoms with Crippen molar-refractivity contribution in [3.63, 3.8) is 0 Å². The van der Waals surface area contributed by atoms with Crippen LogP contribution in [0.25, 0.3) is 0 Å². The van der Waals surface area contributed by atoms with E-state index in [1.807, 2.05) is 18.2 Å². The summed E-state index contributed by atoms with van der Waals surface area (Å²) in [5, 5.41) is 14.8. The lowest BCUT2D eigenvalue weighted by Gasteiger charge is -2.14. The van der Waals surface area contributed by atoms with Crippen molar-refractivity contribution in [1.29, 1.82) is 0 Å². The fraction of sp³-hybridized carbons (Fsp3) is 0.333. The summed E-state index contributed by atoms with van der Waals surface area (Å²) in [6, 6.07) is 8.61. The molecule has 0 spiro atoms. The number of carbonyl (C=O) groups is 2. The van der Waals surface area contributed by atoms with Gasteiger partial charge in [0.15, 0.2) is 0 Å². The van der Waals surface area contributed by atoms with Crippen molar-refractivity contribution in [2.45, 2.75) is 12.1 Å². The van der Waals surface area contributed by atoms with Crippen molar-refractivity contribution >= 4 is 22.9 Å². The van der Waals surface area contributed by atoms with Crippen LogP contribution in [0.3, 0.4) is 0 Å². The van der Waals surface area contributed by atoms with Gasteiger partial charge in [0.2, 0.25) is 5.91 Å². The van der Waals surface area contributed by atoms with E-state index in [0.717, 1.165) is 17.3 Å². The molecule has 2 atom stereocenters. The maximum Gasteiger partial charge on any atom is 0.279 e. The molecule has 18 heavy (non-hydrogen) atoms. The molecule has 1 fully saturated rings. The summed E-state index contributed by atoms with van der Waals surface area (Å²) in [5.74, 6) is 0.176. The second-order valence-electron chi connectivity index (χ2n) is 3.97. The van der Waals surface area contributed by atoms with Gasteiger partial charge < -0.3 is 15.7 Å². The SMILES string of the molecule is O=C1NC(C(=O)NCC(O)c2ccccc2)CS1. The number of amides is 2. The number of hydrogen-bond acceptors (Lipinski definition) is 4. The first kappa shape index (κ1) is 12.9. The van der Waals surface area contributed by atoms with E-state index in [4.69, 9.17) is 0 Å². The van der Waals surface area contributed by atoms with E-state index in [1.54, 1.807) is 12.1 Å². The van der Waals surface area contributed by atoms with Crippen LogP contribution in [-0.4, -0.2) is 34.6 Å². The van der Waals surface area contributed by atoms with Crippen molar-refractivity contribution in [2.24, 2.45) is 0 Å². The molecule has 0 aromatic heterocycles. The number of rotatable bonds is 4. The van der Waals surface area contributed by atoms with Gasteiger partial charge in [-0.15, -0.1) is 0 Å². The summed E-state index contributed by atoms with van der Waals surface area (Å²) in [6.07, 6.45) is -0.736. The van der Waals surface area contributed by atoms with Gasteiger partial charge in [-0.25, -0.2) is 0 Å². The third kappa shape index (κ3) is 3.24. The number of nitrogens with one attached hydrogen (secondary N) is 2. The van der Waals surface area contributed by atoms with E-state index in [9.17, 15) is 14.7 Å². The van der Waals surface area contributed by atoms with E-state index in [2.05, 4.69) is 10.6 Å². The molecule has 1 heterocycles. The summed E-state index contributed by atoms with van der Waals surface area (Å²) in [4.78, 5) is 22.6. The van der Waals surface area contributed by atoms with Crippen LogP contribution in [0.4, 0.5) is 4.79 Å². The van der Waals surface area contributed by atoms with Gasteiger partial charge in [0.25, 0.3) is 5.24 Å². The van der Waals surface area contributed by atoms with Crippen molar-refractivity contribution < 1.29 is 14.7 Å². The molecule has 1 aliphatic rings. The first-order valence-corrected chi connectivity index (χ1v) is 6.59. The summed E-state index contributed by atoms with van der Waals surface area (Å²) in [5.41, 5.74) is 0.752. The number of aliphatic hydroxyl groups is 1. The molecule has 1 aromatic rings. The standard InChI is InChI=1S/C12H14N2O3S/c15-10(8-4-2-1-3-5-8)6-13-11(16)9-7-18-12(17)14-9/h1-5,9-10,15H,6-7H2,(H,13,16)(H,14,17). The highest BCUT2D eigenvalue weighted by atomic mass is 32.2. The predicted molar refractivity (Wildman–Crippen MR) is 69.2 cm³/mol. The van der Waals surface area contributed by atoms with Gasteiger partial charge in [-0.05, 0) is 5.56 Å². The summed E-state index contributed by atoms with van der Waals surface area (Å²) < 4.78 is 0. The molecule has 5 nitrogen and oxygen atoms in total. The molecule has 96 valence electrons. The molecule has 2 rings (SSSR count). The van der Waals surface area contributed by atoms with E-state index in [-0.39, 0.29) is 17.7 Å². The molecule has 1 aliphatic heterocycles. The van der Waals surface area contributed by atoms with Gasteiger partial charge in [0.05, 0.1) is 6.10 Å². The number of thioether (sulfide) groups is 1. The lowest BCUT2D eigenvalue weighted by molar-refractivity contribution is -0.122. The van der Waals surface area contributed by atoms with Gasteiger partial charge in [0.1, 0.15) is 6.04 Å². The Bertz CT molecular complexity index is 438. The normalized spacial score (nSPS) is 20.3. The van der Waals surface area contributed by atoms with Crippen LogP contribution < -0.4 is 10.6 Å². The highest BCUT2D eigenvalue weighted by molar-refractivity contribution is 8.14. The molecular weight excluding hydrogens is 252 g/mol.